The highest BCUT2D eigenvalue weighted by molar-refractivity contribution is 7.16. The second-order valence-corrected chi connectivity index (χ2v) is 4.33. The lowest BCUT2D eigenvalue weighted by Crippen LogP contribution is -2.18. The van der Waals surface area contributed by atoms with Gasteiger partial charge in [0, 0.05) is 12.0 Å². The standard InChI is InChI=1S/C10H13NO4S/c1-6-4-7(10(13)15-3)9(16-6)11-8(12)5-14-2/h4H,5H2,1-3H3,(H,11,12). The maximum Gasteiger partial charge on any atom is 0.340 e. The van der Waals surface area contributed by atoms with Crippen LogP contribution in [0.1, 0.15) is 15.2 Å². The van der Waals surface area contributed by atoms with Crippen molar-refractivity contribution in [2.75, 3.05) is 26.1 Å². The topological polar surface area (TPSA) is 64.6 Å². The molecule has 16 heavy (non-hydrogen) atoms. The minimum absolute atomic E-state index is 0.0441. The van der Waals surface area contributed by atoms with Crippen molar-refractivity contribution in [3.05, 3.63) is 16.5 Å². The summed E-state index contributed by atoms with van der Waals surface area (Å²) in [7, 11) is 2.73. The molecule has 1 aromatic heterocycles. The van der Waals surface area contributed by atoms with E-state index in [9.17, 15) is 9.59 Å². The molecule has 0 atom stereocenters. The Bertz CT molecular complexity index is 400. The SMILES string of the molecule is COCC(=O)Nc1sc(C)cc1C(=O)OC. The second kappa shape index (κ2) is 5.62. The van der Waals surface area contributed by atoms with E-state index in [2.05, 4.69) is 14.8 Å². The van der Waals surface area contributed by atoms with E-state index in [1.165, 1.54) is 25.6 Å². The van der Waals surface area contributed by atoms with Gasteiger partial charge >= 0.3 is 5.97 Å². The van der Waals surface area contributed by atoms with Crippen molar-refractivity contribution in [1.82, 2.24) is 0 Å². The lowest BCUT2D eigenvalue weighted by Gasteiger charge is -2.03. The van der Waals surface area contributed by atoms with Gasteiger partial charge in [-0.05, 0) is 13.0 Å². The van der Waals surface area contributed by atoms with Gasteiger partial charge in [0.05, 0.1) is 12.7 Å². The Labute approximate surface area is 97.4 Å². The molecule has 0 bridgehead atoms. The number of aryl methyl sites for hydroxylation is 1. The molecule has 5 nitrogen and oxygen atoms in total. The second-order valence-electron chi connectivity index (χ2n) is 3.07. The molecule has 0 saturated carbocycles. The van der Waals surface area contributed by atoms with Crippen molar-refractivity contribution in [1.29, 1.82) is 0 Å². The Morgan fingerprint density at radius 3 is 2.69 bits per heavy atom. The van der Waals surface area contributed by atoms with E-state index >= 15 is 0 Å². The Hall–Kier alpha value is -1.40. The molecule has 0 aliphatic heterocycles. The molecule has 0 aromatic carbocycles. The molecular weight excluding hydrogens is 230 g/mol. The molecule has 0 aliphatic carbocycles. The average molecular weight is 243 g/mol. The number of methoxy groups -OCH3 is 2. The van der Waals surface area contributed by atoms with Gasteiger partial charge in [0.25, 0.3) is 5.91 Å². The number of nitrogens with one attached hydrogen (secondary N) is 1. The molecule has 0 unspecified atom stereocenters. The third-order valence-corrected chi connectivity index (χ3v) is 2.75. The Morgan fingerprint density at radius 2 is 2.12 bits per heavy atom. The van der Waals surface area contributed by atoms with Crippen molar-refractivity contribution in [3.63, 3.8) is 0 Å². The molecule has 1 amide bonds. The van der Waals surface area contributed by atoms with Crippen LogP contribution in [-0.4, -0.2) is 32.7 Å². The van der Waals surface area contributed by atoms with Gasteiger partial charge in [0.15, 0.2) is 0 Å². The van der Waals surface area contributed by atoms with Gasteiger partial charge in [-0.15, -0.1) is 11.3 Å². The average Bonchev–Trinajstić information content (AvgIpc) is 2.58. The first-order chi connectivity index (χ1) is 7.58. The van der Waals surface area contributed by atoms with Gasteiger partial charge in [0.2, 0.25) is 0 Å². The molecule has 1 heterocycles. The summed E-state index contributed by atoms with van der Waals surface area (Å²) in [6.45, 7) is 1.81. The van der Waals surface area contributed by atoms with Crippen LogP contribution in [0.5, 0.6) is 0 Å². The van der Waals surface area contributed by atoms with Gasteiger partial charge in [-0.25, -0.2) is 4.79 Å². The number of hydrogen-bond donors (Lipinski definition) is 1. The molecule has 0 radical (unpaired) electrons. The van der Waals surface area contributed by atoms with Crippen LogP contribution in [0.4, 0.5) is 5.00 Å². The highest BCUT2D eigenvalue weighted by Crippen LogP contribution is 2.27. The van der Waals surface area contributed by atoms with E-state index in [1.54, 1.807) is 6.07 Å². The van der Waals surface area contributed by atoms with Crippen LogP contribution in [0, 0.1) is 6.92 Å². The zero-order valence-electron chi connectivity index (χ0n) is 9.33. The molecule has 6 heteroatoms. The highest BCUT2D eigenvalue weighted by atomic mass is 32.1. The quantitative estimate of drug-likeness (QED) is 0.812. The van der Waals surface area contributed by atoms with E-state index < -0.39 is 5.97 Å². The van der Waals surface area contributed by atoms with E-state index in [1.807, 2.05) is 6.92 Å². The minimum Gasteiger partial charge on any atom is -0.465 e. The van der Waals surface area contributed by atoms with E-state index in [-0.39, 0.29) is 12.5 Å². The van der Waals surface area contributed by atoms with Crippen LogP contribution in [-0.2, 0) is 14.3 Å². The number of ether oxygens (including phenoxy) is 2. The zero-order chi connectivity index (χ0) is 12.1. The number of carbonyl (C=O) groups is 2. The Kier molecular flexibility index (Phi) is 4.45. The predicted molar refractivity (Wildman–Crippen MR) is 60.9 cm³/mol. The maximum absolute atomic E-state index is 11.4. The van der Waals surface area contributed by atoms with Gasteiger partial charge in [0.1, 0.15) is 11.6 Å². The summed E-state index contributed by atoms with van der Waals surface area (Å²) in [6, 6.07) is 1.68. The molecule has 0 spiro atoms. The smallest absolute Gasteiger partial charge is 0.340 e. The number of carbonyl (C=O) groups excluding carboxylic acids is 2. The molecule has 88 valence electrons. The van der Waals surface area contributed by atoms with Crippen LogP contribution in [0.3, 0.4) is 0 Å². The first-order valence-corrected chi connectivity index (χ1v) is 5.37. The van der Waals surface area contributed by atoms with Crippen LogP contribution in [0.2, 0.25) is 0 Å². The van der Waals surface area contributed by atoms with Crippen molar-refractivity contribution in [3.8, 4) is 0 Å². The van der Waals surface area contributed by atoms with E-state index in [4.69, 9.17) is 0 Å². The number of hydrogen-bond acceptors (Lipinski definition) is 5. The van der Waals surface area contributed by atoms with Crippen molar-refractivity contribution < 1.29 is 19.1 Å². The number of amides is 1. The van der Waals surface area contributed by atoms with Crippen molar-refractivity contribution in [2.45, 2.75) is 6.92 Å². The lowest BCUT2D eigenvalue weighted by molar-refractivity contribution is -0.119. The number of esters is 1. The van der Waals surface area contributed by atoms with E-state index in [0.717, 1.165) is 4.88 Å². The van der Waals surface area contributed by atoms with Gasteiger partial charge in [-0.2, -0.15) is 0 Å². The van der Waals surface area contributed by atoms with Gasteiger partial charge in [-0.1, -0.05) is 0 Å². The van der Waals surface area contributed by atoms with Crippen LogP contribution >= 0.6 is 11.3 Å². The Balaban J connectivity index is 2.86. The summed E-state index contributed by atoms with van der Waals surface area (Å²) in [5.41, 5.74) is 0.370. The summed E-state index contributed by atoms with van der Waals surface area (Å²) < 4.78 is 9.30. The first-order valence-electron chi connectivity index (χ1n) is 4.56. The van der Waals surface area contributed by atoms with Crippen LogP contribution < -0.4 is 5.32 Å². The fraction of sp³-hybridized carbons (Fsp3) is 0.400. The van der Waals surface area contributed by atoms with Crippen molar-refractivity contribution >= 4 is 28.2 Å². The summed E-state index contributed by atoms with van der Waals surface area (Å²) in [4.78, 5) is 23.6. The lowest BCUT2D eigenvalue weighted by atomic mass is 10.3. The minimum atomic E-state index is -0.461. The third-order valence-electron chi connectivity index (χ3n) is 1.79. The number of anilines is 1. The van der Waals surface area contributed by atoms with Crippen LogP contribution in [0.15, 0.2) is 6.07 Å². The molecule has 1 rings (SSSR count). The predicted octanol–water partition coefficient (Wildman–Crippen LogP) is 1.43. The fourth-order valence-corrected chi connectivity index (χ4v) is 2.08. The molecule has 1 N–H and O–H groups in total. The van der Waals surface area contributed by atoms with Gasteiger partial charge in [-0.3, -0.25) is 4.79 Å². The molecule has 0 fully saturated rings. The summed E-state index contributed by atoms with van der Waals surface area (Å²) in [5.74, 6) is -0.758. The molecular formula is C10H13NO4S. The zero-order valence-corrected chi connectivity index (χ0v) is 10.1. The largest absolute Gasteiger partial charge is 0.465 e. The monoisotopic (exact) mass is 243 g/mol. The molecule has 0 aliphatic rings. The maximum atomic E-state index is 11.4. The number of rotatable bonds is 4. The third kappa shape index (κ3) is 3.04. The van der Waals surface area contributed by atoms with Gasteiger partial charge < -0.3 is 14.8 Å². The normalized spacial score (nSPS) is 9.94. The molecule has 1 aromatic rings. The highest BCUT2D eigenvalue weighted by Gasteiger charge is 2.16. The summed E-state index contributed by atoms with van der Waals surface area (Å²) in [5, 5.41) is 3.09. The fourth-order valence-electron chi connectivity index (χ4n) is 1.16. The van der Waals surface area contributed by atoms with Crippen LogP contribution in [0.25, 0.3) is 0 Å². The van der Waals surface area contributed by atoms with E-state index in [0.29, 0.717) is 10.6 Å². The Morgan fingerprint density at radius 1 is 1.44 bits per heavy atom. The first kappa shape index (κ1) is 12.7. The molecule has 0 saturated heterocycles. The summed E-state index contributed by atoms with van der Waals surface area (Å²) >= 11 is 1.32. The summed E-state index contributed by atoms with van der Waals surface area (Å²) in [6.07, 6.45) is 0. The number of thiophene rings is 1. The van der Waals surface area contributed by atoms with Crippen molar-refractivity contribution in [2.24, 2.45) is 0 Å².